The van der Waals surface area contributed by atoms with Crippen LogP contribution in [0.15, 0.2) is 132 Å². The van der Waals surface area contributed by atoms with E-state index in [4.69, 9.17) is 0 Å². The monoisotopic (exact) mass is 451 g/mol. The Morgan fingerprint density at radius 2 is 1.06 bits per heavy atom. The molecule has 5 heteroatoms. The summed E-state index contributed by atoms with van der Waals surface area (Å²) in [6.45, 7) is 0. The molecule has 2 heterocycles. The minimum absolute atomic E-state index is 0.829. The lowest BCUT2D eigenvalue weighted by Gasteiger charge is -2.25. The summed E-state index contributed by atoms with van der Waals surface area (Å²) < 4.78 is 0. The Bertz CT molecular complexity index is 1440. The molecule has 166 valence electrons. The highest BCUT2D eigenvalue weighted by atomic mass is 15.1. The Morgan fingerprint density at radius 1 is 0.543 bits per heavy atom. The smallest absolute Gasteiger partial charge is 0.116 e. The van der Waals surface area contributed by atoms with E-state index in [0.717, 1.165) is 51.0 Å². The molecule has 0 bridgehead atoms. The van der Waals surface area contributed by atoms with Crippen molar-refractivity contribution in [1.82, 2.24) is 9.97 Å². The number of hydrogen-bond donors (Lipinski definition) is 0. The molecular formula is C30H21N5. The number of aliphatic imine (C=N–C) groups is 2. The molecule has 0 saturated heterocycles. The molecule has 0 unspecified atom stereocenters. The molecule has 0 radical (unpaired) electrons. The molecule has 5 aromatic rings. The summed E-state index contributed by atoms with van der Waals surface area (Å²) in [5, 5.41) is 0. The van der Waals surface area contributed by atoms with Gasteiger partial charge in [-0.1, -0.05) is 36.4 Å². The molecule has 0 saturated carbocycles. The molecule has 0 amide bonds. The van der Waals surface area contributed by atoms with Crippen molar-refractivity contribution in [3.8, 4) is 11.4 Å². The fraction of sp³-hybridized carbons (Fsp3) is 0. The van der Waals surface area contributed by atoms with Crippen LogP contribution in [0.5, 0.6) is 0 Å². The van der Waals surface area contributed by atoms with Gasteiger partial charge in [-0.15, -0.1) is 0 Å². The first-order valence-corrected chi connectivity index (χ1v) is 11.4. The Labute approximate surface area is 203 Å². The van der Waals surface area contributed by atoms with Crippen molar-refractivity contribution in [2.24, 2.45) is 9.98 Å². The van der Waals surface area contributed by atoms with Crippen LogP contribution in [0.2, 0.25) is 0 Å². The summed E-state index contributed by atoms with van der Waals surface area (Å²) >= 11 is 0. The summed E-state index contributed by atoms with van der Waals surface area (Å²) in [5.41, 5.74) is 8.61. The number of benzene rings is 3. The van der Waals surface area contributed by atoms with Crippen LogP contribution < -0.4 is 4.90 Å². The highest BCUT2D eigenvalue weighted by molar-refractivity contribution is 6.24. The molecular weight excluding hydrogens is 430 g/mol. The van der Waals surface area contributed by atoms with Crippen LogP contribution in [0.3, 0.4) is 0 Å². The van der Waals surface area contributed by atoms with Crippen LogP contribution in [-0.4, -0.2) is 22.0 Å². The van der Waals surface area contributed by atoms with Crippen LogP contribution in [0, 0.1) is 0 Å². The summed E-state index contributed by atoms with van der Waals surface area (Å²) in [6.07, 6.45) is 5.17. The second-order valence-corrected chi connectivity index (χ2v) is 8.04. The minimum Gasteiger partial charge on any atom is -0.311 e. The van der Waals surface area contributed by atoms with Gasteiger partial charge in [-0.3, -0.25) is 9.97 Å². The average Bonchev–Trinajstić information content (AvgIpc) is 3.25. The average molecular weight is 452 g/mol. The molecule has 35 heavy (non-hydrogen) atoms. The number of aromatic nitrogens is 2. The van der Waals surface area contributed by atoms with Crippen LogP contribution in [0.4, 0.5) is 22.7 Å². The zero-order valence-corrected chi connectivity index (χ0v) is 18.9. The number of pyridine rings is 2. The highest BCUT2D eigenvalue weighted by Crippen LogP contribution is 2.35. The maximum atomic E-state index is 4.69. The Hall–Kier alpha value is -4.90. The molecule has 0 N–H and O–H groups in total. The summed E-state index contributed by atoms with van der Waals surface area (Å²) in [5.74, 6) is 0. The molecule has 2 aromatic heterocycles. The van der Waals surface area contributed by atoms with Gasteiger partial charge in [-0.2, -0.15) is 0 Å². The SMILES string of the molecule is C(=Nc1ccc(N(c2ccccc2)c2ccccc2)cc1)N=C1c2cccnc2-c2ncccc21. The van der Waals surface area contributed by atoms with Gasteiger partial charge in [0.15, 0.2) is 0 Å². The van der Waals surface area contributed by atoms with Crippen LogP contribution in [0.25, 0.3) is 11.4 Å². The number of anilines is 3. The van der Waals surface area contributed by atoms with E-state index in [1.54, 1.807) is 18.7 Å². The molecule has 0 fully saturated rings. The van der Waals surface area contributed by atoms with Gasteiger partial charge in [0.25, 0.3) is 0 Å². The number of fused-ring (bicyclic) bond motifs is 3. The fourth-order valence-electron chi connectivity index (χ4n) is 4.30. The minimum atomic E-state index is 0.829. The quantitative estimate of drug-likeness (QED) is 0.207. The predicted molar refractivity (Wildman–Crippen MR) is 142 cm³/mol. The van der Waals surface area contributed by atoms with Crippen molar-refractivity contribution in [2.75, 3.05) is 4.90 Å². The molecule has 0 aliphatic heterocycles. The van der Waals surface area contributed by atoms with Gasteiger partial charge in [0.05, 0.1) is 22.8 Å². The van der Waals surface area contributed by atoms with Crippen molar-refractivity contribution in [1.29, 1.82) is 0 Å². The number of nitrogens with zero attached hydrogens (tertiary/aromatic N) is 5. The highest BCUT2D eigenvalue weighted by Gasteiger charge is 2.26. The third-order valence-electron chi connectivity index (χ3n) is 5.88. The standard InChI is InChI=1S/C30H21N5/c1-3-9-23(10-4-1)35(24-11-5-2-6-12-24)25-17-15-22(16-18-25)33-21-34-28-26-13-7-19-31-29(26)30-27(28)14-8-20-32-30/h1-21H. The molecule has 1 aliphatic rings. The maximum Gasteiger partial charge on any atom is 0.116 e. The number of rotatable bonds is 5. The second kappa shape index (κ2) is 9.15. The van der Waals surface area contributed by atoms with E-state index in [1.807, 2.05) is 72.8 Å². The predicted octanol–water partition coefficient (Wildman–Crippen LogP) is 7.12. The molecule has 0 atom stereocenters. The van der Waals surface area contributed by atoms with Crippen LogP contribution in [0.1, 0.15) is 11.1 Å². The van der Waals surface area contributed by atoms with E-state index in [9.17, 15) is 0 Å². The molecule has 5 nitrogen and oxygen atoms in total. The van der Waals surface area contributed by atoms with Gasteiger partial charge in [-0.05, 0) is 72.8 Å². The lowest BCUT2D eigenvalue weighted by atomic mass is 10.1. The van der Waals surface area contributed by atoms with Gasteiger partial charge in [0, 0.05) is 40.6 Å². The van der Waals surface area contributed by atoms with E-state index in [1.165, 1.54) is 0 Å². The van der Waals surface area contributed by atoms with E-state index in [-0.39, 0.29) is 0 Å². The molecule has 3 aromatic carbocycles. The van der Waals surface area contributed by atoms with Crippen molar-refractivity contribution in [2.45, 2.75) is 0 Å². The summed E-state index contributed by atoms with van der Waals surface area (Å²) in [6, 6.07) is 36.7. The van der Waals surface area contributed by atoms with Gasteiger partial charge >= 0.3 is 0 Å². The molecule has 0 spiro atoms. The van der Waals surface area contributed by atoms with Gasteiger partial charge in [-0.25, -0.2) is 9.98 Å². The summed E-state index contributed by atoms with van der Waals surface area (Å²) in [7, 11) is 0. The van der Waals surface area contributed by atoms with Gasteiger partial charge in [0.1, 0.15) is 6.34 Å². The van der Waals surface area contributed by atoms with Crippen LogP contribution in [-0.2, 0) is 0 Å². The zero-order chi connectivity index (χ0) is 23.5. The van der Waals surface area contributed by atoms with Crippen LogP contribution >= 0.6 is 0 Å². The van der Waals surface area contributed by atoms with Crippen molar-refractivity contribution in [3.63, 3.8) is 0 Å². The van der Waals surface area contributed by atoms with E-state index >= 15 is 0 Å². The van der Waals surface area contributed by atoms with Gasteiger partial charge < -0.3 is 4.90 Å². The first kappa shape index (κ1) is 20.7. The number of hydrogen-bond acceptors (Lipinski definition) is 4. The lowest BCUT2D eigenvalue weighted by molar-refractivity contribution is 1.26. The largest absolute Gasteiger partial charge is 0.311 e. The Morgan fingerprint density at radius 3 is 1.60 bits per heavy atom. The lowest BCUT2D eigenvalue weighted by Crippen LogP contribution is -2.09. The number of para-hydroxylation sites is 2. The molecule has 6 rings (SSSR count). The molecule has 1 aliphatic carbocycles. The van der Waals surface area contributed by atoms with E-state index < -0.39 is 0 Å². The zero-order valence-electron chi connectivity index (χ0n) is 18.9. The topological polar surface area (TPSA) is 53.7 Å². The van der Waals surface area contributed by atoms with E-state index in [0.29, 0.717) is 0 Å². The normalized spacial score (nSPS) is 11.8. The van der Waals surface area contributed by atoms with E-state index in [2.05, 4.69) is 61.3 Å². The second-order valence-electron chi connectivity index (χ2n) is 8.04. The third-order valence-corrected chi connectivity index (χ3v) is 5.88. The van der Waals surface area contributed by atoms with Gasteiger partial charge in [0.2, 0.25) is 0 Å². The summed E-state index contributed by atoms with van der Waals surface area (Å²) in [4.78, 5) is 20.5. The first-order valence-electron chi connectivity index (χ1n) is 11.4. The Balaban J connectivity index is 1.30. The fourth-order valence-corrected chi connectivity index (χ4v) is 4.30. The maximum absolute atomic E-state index is 4.69. The Kier molecular flexibility index (Phi) is 5.41. The first-order chi connectivity index (χ1) is 17.4. The van der Waals surface area contributed by atoms with Crippen molar-refractivity contribution >= 4 is 34.8 Å². The van der Waals surface area contributed by atoms with Crippen molar-refractivity contribution < 1.29 is 0 Å². The third kappa shape index (κ3) is 4.00. The van der Waals surface area contributed by atoms with Crippen molar-refractivity contribution in [3.05, 3.63) is 133 Å².